The molecular weight excluding hydrogens is 184 g/mol. The highest BCUT2D eigenvalue weighted by Gasteiger charge is 2.14. The van der Waals surface area contributed by atoms with Crippen LogP contribution in [0.25, 0.3) is 11.8 Å². The summed E-state index contributed by atoms with van der Waals surface area (Å²) >= 11 is 0. The molecule has 78 valence electrons. The maximum Gasteiger partial charge on any atom is 0.0624 e. The van der Waals surface area contributed by atoms with Gasteiger partial charge in [0.1, 0.15) is 0 Å². The van der Waals surface area contributed by atoms with Gasteiger partial charge in [0, 0.05) is 30.5 Å². The summed E-state index contributed by atoms with van der Waals surface area (Å²) in [6, 6.07) is 4.04. The first kappa shape index (κ1) is 9.97. The van der Waals surface area contributed by atoms with Gasteiger partial charge in [-0.25, -0.2) is 0 Å². The van der Waals surface area contributed by atoms with E-state index in [9.17, 15) is 0 Å². The monoisotopic (exact) mass is 200 g/mol. The molecule has 1 aliphatic rings. The zero-order valence-electron chi connectivity index (χ0n) is 8.95. The Morgan fingerprint density at radius 1 is 1.33 bits per heavy atom. The van der Waals surface area contributed by atoms with Crippen molar-refractivity contribution in [3.8, 4) is 0 Å². The average Bonchev–Trinajstić information content (AvgIpc) is 2.82. The zero-order chi connectivity index (χ0) is 10.7. The van der Waals surface area contributed by atoms with Crippen molar-refractivity contribution in [3.05, 3.63) is 42.7 Å². The van der Waals surface area contributed by atoms with E-state index in [0.717, 1.165) is 30.0 Å². The van der Waals surface area contributed by atoms with Crippen LogP contribution in [-0.2, 0) is 0 Å². The Kier molecular flexibility index (Phi) is 2.86. The summed E-state index contributed by atoms with van der Waals surface area (Å²) in [7, 11) is 0. The molecule has 1 aromatic heterocycles. The molecule has 2 rings (SSSR count). The van der Waals surface area contributed by atoms with Crippen molar-refractivity contribution in [2.45, 2.75) is 12.8 Å². The smallest absolute Gasteiger partial charge is 0.0624 e. The first-order valence-corrected chi connectivity index (χ1v) is 5.34. The minimum atomic E-state index is 0.910. The fourth-order valence-corrected chi connectivity index (χ4v) is 1.87. The Morgan fingerprint density at radius 2 is 2.07 bits per heavy atom. The third kappa shape index (κ3) is 2.09. The van der Waals surface area contributed by atoms with E-state index in [4.69, 9.17) is 0 Å². The second kappa shape index (κ2) is 4.30. The Hall–Kier alpha value is -1.57. The molecule has 0 amide bonds. The summed E-state index contributed by atoms with van der Waals surface area (Å²) in [6.45, 7) is 10.1. The number of nitrogens with zero attached hydrogens (tertiary/aromatic N) is 2. The van der Waals surface area contributed by atoms with E-state index >= 15 is 0 Å². The molecule has 2 heterocycles. The molecular formula is C13H16N2. The zero-order valence-corrected chi connectivity index (χ0v) is 8.95. The number of pyridine rings is 1. The topological polar surface area (TPSA) is 16.1 Å². The van der Waals surface area contributed by atoms with Crippen LogP contribution in [0.3, 0.4) is 0 Å². The van der Waals surface area contributed by atoms with Gasteiger partial charge >= 0.3 is 0 Å². The lowest BCUT2D eigenvalue weighted by Gasteiger charge is -2.20. The Morgan fingerprint density at radius 3 is 2.60 bits per heavy atom. The number of hydrogen-bond donors (Lipinski definition) is 0. The molecule has 0 aliphatic carbocycles. The third-order valence-corrected chi connectivity index (χ3v) is 2.82. The first-order valence-electron chi connectivity index (χ1n) is 5.34. The van der Waals surface area contributed by atoms with Crippen molar-refractivity contribution < 1.29 is 0 Å². The summed E-state index contributed by atoms with van der Waals surface area (Å²) in [5, 5.41) is 0. The van der Waals surface area contributed by atoms with Crippen LogP contribution >= 0.6 is 0 Å². The van der Waals surface area contributed by atoms with Crippen LogP contribution in [0.15, 0.2) is 31.5 Å². The number of hydrogen-bond acceptors (Lipinski definition) is 2. The SMILES string of the molecule is C=Cc1ccc(C(=C)N2CCCC2)cn1. The van der Waals surface area contributed by atoms with Crippen molar-refractivity contribution in [3.63, 3.8) is 0 Å². The van der Waals surface area contributed by atoms with Crippen molar-refractivity contribution in [2.24, 2.45) is 0 Å². The molecule has 1 aliphatic heterocycles. The van der Waals surface area contributed by atoms with Crippen molar-refractivity contribution in [2.75, 3.05) is 13.1 Å². The lowest BCUT2D eigenvalue weighted by molar-refractivity contribution is 0.494. The Bertz CT molecular complexity index is 359. The van der Waals surface area contributed by atoms with Crippen molar-refractivity contribution in [1.29, 1.82) is 0 Å². The quantitative estimate of drug-likeness (QED) is 0.746. The van der Waals surface area contributed by atoms with Gasteiger partial charge in [0.15, 0.2) is 0 Å². The maximum atomic E-state index is 4.28. The van der Waals surface area contributed by atoms with E-state index in [0.29, 0.717) is 0 Å². The minimum absolute atomic E-state index is 0.910. The van der Waals surface area contributed by atoms with Gasteiger partial charge in [-0.2, -0.15) is 0 Å². The van der Waals surface area contributed by atoms with Crippen LogP contribution < -0.4 is 0 Å². The van der Waals surface area contributed by atoms with Crippen LogP contribution in [0.1, 0.15) is 24.1 Å². The molecule has 0 bridgehead atoms. The molecule has 0 aromatic carbocycles. The van der Waals surface area contributed by atoms with E-state index in [2.05, 4.69) is 29.1 Å². The van der Waals surface area contributed by atoms with E-state index in [1.165, 1.54) is 12.8 Å². The summed E-state index contributed by atoms with van der Waals surface area (Å²) in [5.74, 6) is 0. The van der Waals surface area contributed by atoms with Crippen LogP contribution in [0.2, 0.25) is 0 Å². The van der Waals surface area contributed by atoms with Gasteiger partial charge in [0.05, 0.1) is 5.69 Å². The van der Waals surface area contributed by atoms with E-state index in [1.54, 1.807) is 6.08 Å². The fourth-order valence-electron chi connectivity index (χ4n) is 1.87. The predicted octanol–water partition coefficient (Wildman–Crippen LogP) is 2.79. The Balaban J connectivity index is 2.14. The van der Waals surface area contributed by atoms with Gasteiger partial charge < -0.3 is 4.90 Å². The molecule has 0 spiro atoms. The average molecular weight is 200 g/mol. The fraction of sp³-hybridized carbons (Fsp3) is 0.308. The first-order chi connectivity index (χ1) is 7.31. The molecule has 0 atom stereocenters. The highest BCUT2D eigenvalue weighted by atomic mass is 15.1. The largest absolute Gasteiger partial charge is 0.371 e. The summed E-state index contributed by atoms with van der Waals surface area (Å²) in [5.41, 5.74) is 3.12. The van der Waals surface area contributed by atoms with Crippen LogP contribution in [0.5, 0.6) is 0 Å². The van der Waals surface area contributed by atoms with Gasteiger partial charge in [-0.05, 0) is 31.1 Å². The molecule has 0 saturated carbocycles. The van der Waals surface area contributed by atoms with Gasteiger partial charge in [-0.1, -0.05) is 13.2 Å². The molecule has 15 heavy (non-hydrogen) atoms. The third-order valence-electron chi connectivity index (χ3n) is 2.82. The molecule has 0 N–H and O–H groups in total. The molecule has 0 radical (unpaired) electrons. The molecule has 1 saturated heterocycles. The van der Waals surface area contributed by atoms with E-state index in [-0.39, 0.29) is 0 Å². The molecule has 1 aromatic rings. The standard InChI is InChI=1S/C13H16N2/c1-3-13-7-6-12(10-14-13)11(2)15-8-4-5-9-15/h3,6-7,10H,1-2,4-5,8-9H2. The molecule has 2 nitrogen and oxygen atoms in total. The van der Waals surface area contributed by atoms with Crippen molar-refractivity contribution >= 4 is 11.8 Å². The minimum Gasteiger partial charge on any atom is -0.371 e. The van der Waals surface area contributed by atoms with Crippen molar-refractivity contribution in [1.82, 2.24) is 9.88 Å². The maximum absolute atomic E-state index is 4.28. The second-order valence-corrected chi connectivity index (χ2v) is 3.82. The summed E-state index contributed by atoms with van der Waals surface area (Å²) in [6.07, 6.45) is 6.18. The van der Waals surface area contributed by atoms with Gasteiger partial charge in [0.25, 0.3) is 0 Å². The lowest BCUT2D eigenvalue weighted by atomic mass is 10.2. The molecule has 0 unspecified atom stereocenters. The second-order valence-electron chi connectivity index (χ2n) is 3.82. The van der Waals surface area contributed by atoms with E-state index < -0.39 is 0 Å². The summed E-state index contributed by atoms with van der Waals surface area (Å²) in [4.78, 5) is 6.61. The summed E-state index contributed by atoms with van der Waals surface area (Å²) < 4.78 is 0. The van der Waals surface area contributed by atoms with Crippen LogP contribution in [0.4, 0.5) is 0 Å². The van der Waals surface area contributed by atoms with Crippen LogP contribution in [0, 0.1) is 0 Å². The number of aromatic nitrogens is 1. The molecule has 2 heteroatoms. The van der Waals surface area contributed by atoms with Gasteiger partial charge in [-0.3, -0.25) is 4.98 Å². The normalized spacial score (nSPS) is 15.3. The van der Waals surface area contributed by atoms with Gasteiger partial charge in [0.2, 0.25) is 0 Å². The number of rotatable bonds is 3. The Labute approximate surface area is 90.9 Å². The number of likely N-dealkylation sites (tertiary alicyclic amines) is 1. The highest BCUT2D eigenvalue weighted by Crippen LogP contribution is 2.21. The van der Waals surface area contributed by atoms with Gasteiger partial charge in [-0.15, -0.1) is 0 Å². The molecule has 1 fully saturated rings. The van der Waals surface area contributed by atoms with E-state index in [1.807, 2.05) is 12.3 Å². The predicted molar refractivity (Wildman–Crippen MR) is 64.2 cm³/mol. The van der Waals surface area contributed by atoms with Crippen LogP contribution in [-0.4, -0.2) is 23.0 Å². The lowest BCUT2D eigenvalue weighted by Crippen LogP contribution is -2.16. The highest BCUT2D eigenvalue weighted by molar-refractivity contribution is 5.62.